The Morgan fingerprint density at radius 2 is 2.38 bits per heavy atom. The summed E-state index contributed by atoms with van der Waals surface area (Å²) < 4.78 is 5.17. The van der Waals surface area contributed by atoms with Crippen LogP contribution in [0.2, 0.25) is 0 Å². The van der Waals surface area contributed by atoms with Gasteiger partial charge in [-0.25, -0.2) is 0 Å². The van der Waals surface area contributed by atoms with Crippen molar-refractivity contribution in [1.82, 2.24) is 0 Å². The van der Waals surface area contributed by atoms with Crippen LogP contribution in [0.5, 0.6) is 5.75 Å². The molecule has 0 fully saturated rings. The predicted molar refractivity (Wildman–Crippen MR) is 54.4 cm³/mol. The maximum atomic E-state index is 5.17. The highest BCUT2D eigenvalue weighted by Gasteiger charge is 2.18. The molecule has 13 heavy (non-hydrogen) atoms. The van der Waals surface area contributed by atoms with Gasteiger partial charge in [-0.2, -0.15) is 0 Å². The lowest BCUT2D eigenvalue weighted by atomic mass is 10.1. The molecular weight excluding hydrogens is 162 g/mol. The Hall–Kier alpha value is -1.18. The molecule has 2 nitrogen and oxygen atoms in total. The average molecular weight is 177 g/mol. The van der Waals surface area contributed by atoms with E-state index < -0.39 is 0 Å². The Kier molecular flexibility index (Phi) is 2.13. The van der Waals surface area contributed by atoms with Gasteiger partial charge in [-0.15, -0.1) is 0 Å². The Morgan fingerprint density at radius 1 is 1.54 bits per heavy atom. The van der Waals surface area contributed by atoms with E-state index in [1.165, 1.54) is 17.7 Å². The first-order valence-corrected chi connectivity index (χ1v) is 4.77. The second-order valence-corrected chi connectivity index (χ2v) is 3.48. The van der Waals surface area contributed by atoms with Gasteiger partial charge in [0.25, 0.3) is 0 Å². The molecule has 2 rings (SSSR count). The lowest BCUT2D eigenvalue weighted by molar-refractivity contribution is 0.415. The van der Waals surface area contributed by atoms with Gasteiger partial charge in [0.2, 0.25) is 0 Å². The maximum Gasteiger partial charge on any atom is 0.120 e. The van der Waals surface area contributed by atoms with Crippen LogP contribution in [0.4, 0.5) is 5.69 Å². The molecule has 0 spiro atoms. The lowest BCUT2D eigenvalue weighted by Crippen LogP contribution is -2.12. The second-order valence-electron chi connectivity index (χ2n) is 3.48. The minimum absolute atomic E-state index is 0.613. The van der Waals surface area contributed by atoms with Crippen LogP contribution in [0.3, 0.4) is 0 Å². The molecule has 0 amide bonds. The van der Waals surface area contributed by atoms with E-state index in [0.717, 1.165) is 12.2 Å². The van der Waals surface area contributed by atoms with Crippen LogP contribution in [-0.2, 0) is 6.42 Å². The molecule has 1 aliphatic heterocycles. The fourth-order valence-corrected chi connectivity index (χ4v) is 1.78. The summed E-state index contributed by atoms with van der Waals surface area (Å²) in [5.41, 5.74) is 2.65. The van der Waals surface area contributed by atoms with Crippen LogP contribution in [0.1, 0.15) is 18.9 Å². The zero-order chi connectivity index (χ0) is 9.26. The molecule has 1 heterocycles. The first-order valence-electron chi connectivity index (χ1n) is 4.77. The molecule has 1 unspecified atom stereocenters. The molecule has 1 aromatic rings. The zero-order valence-corrected chi connectivity index (χ0v) is 8.13. The van der Waals surface area contributed by atoms with Crippen LogP contribution < -0.4 is 10.1 Å². The van der Waals surface area contributed by atoms with Crippen LogP contribution in [0.15, 0.2) is 18.2 Å². The summed E-state index contributed by atoms with van der Waals surface area (Å²) >= 11 is 0. The smallest absolute Gasteiger partial charge is 0.120 e. The summed E-state index contributed by atoms with van der Waals surface area (Å²) in [5.74, 6) is 0.933. The molecule has 1 atom stereocenters. The van der Waals surface area contributed by atoms with Crippen molar-refractivity contribution in [2.75, 3.05) is 12.4 Å². The molecule has 70 valence electrons. The first-order chi connectivity index (χ1) is 6.33. The number of benzene rings is 1. The molecular formula is C11H15NO. The van der Waals surface area contributed by atoms with E-state index in [1.54, 1.807) is 7.11 Å². The predicted octanol–water partition coefficient (Wildman–Crippen LogP) is 2.44. The van der Waals surface area contributed by atoms with Gasteiger partial charge in [-0.3, -0.25) is 0 Å². The number of anilines is 1. The van der Waals surface area contributed by atoms with Crippen molar-refractivity contribution in [2.45, 2.75) is 25.8 Å². The number of nitrogens with one attached hydrogen (secondary N) is 1. The van der Waals surface area contributed by atoms with Gasteiger partial charge in [0, 0.05) is 17.8 Å². The fourth-order valence-electron chi connectivity index (χ4n) is 1.78. The molecule has 0 aliphatic carbocycles. The maximum absolute atomic E-state index is 5.17. The monoisotopic (exact) mass is 177 g/mol. The van der Waals surface area contributed by atoms with Crippen molar-refractivity contribution >= 4 is 5.69 Å². The number of fused-ring (bicyclic) bond motifs is 1. The van der Waals surface area contributed by atoms with E-state index >= 15 is 0 Å². The third-order valence-corrected chi connectivity index (χ3v) is 2.64. The zero-order valence-electron chi connectivity index (χ0n) is 8.13. The summed E-state index contributed by atoms with van der Waals surface area (Å²) in [6.45, 7) is 2.21. The van der Waals surface area contributed by atoms with Crippen molar-refractivity contribution in [1.29, 1.82) is 0 Å². The lowest BCUT2D eigenvalue weighted by Gasteiger charge is -2.06. The minimum Gasteiger partial charge on any atom is -0.497 e. The van der Waals surface area contributed by atoms with Crippen molar-refractivity contribution in [3.8, 4) is 5.75 Å². The topological polar surface area (TPSA) is 21.3 Å². The third kappa shape index (κ3) is 1.48. The molecule has 0 aromatic heterocycles. The summed E-state index contributed by atoms with van der Waals surface area (Å²) in [5, 5.41) is 3.48. The van der Waals surface area contributed by atoms with Gasteiger partial charge < -0.3 is 10.1 Å². The largest absolute Gasteiger partial charge is 0.497 e. The highest BCUT2D eigenvalue weighted by molar-refractivity contribution is 5.59. The van der Waals surface area contributed by atoms with Crippen LogP contribution in [0.25, 0.3) is 0 Å². The molecule has 0 saturated heterocycles. The number of hydrogen-bond donors (Lipinski definition) is 1. The Balaban J connectivity index is 2.25. The molecule has 0 saturated carbocycles. The third-order valence-electron chi connectivity index (χ3n) is 2.64. The Morgan fingerprint density at radius 3 is 3.08 bits per heavy atom. The molecule has 1 aromatic carbocycles. The van der Waals surface area contributed by atoms with Crippen molar-refractivity contribution in [3.63, 3.8) is 0 Å². The summed E-state index contributed by atoms with van der Waals surface area (Å²) in [6, 6.07) is 6.86. The molecule has 2 heteroatoms. The quantitative estimate of drug-likeness (QED) is 0.749. The number of methoxy groups -OCH3 is 1. The molecule has 0 bridgehead atoms. The van der Waals surface area contributed by atoms with Gasteiger partial charge >= 0.3 is 0 Å². The van der Waals surface area contributed by atoms with E-state index in [4.69, 9.17) is 4.74 Å². The van der Waals surface area contributed by atoms with Crippen molar-refractivity contribution in [3.05, 3.63) is 23.8 Å². The standard InChI is InChI=1S/C11H15NO/c1-3-9-6-8-4-5-10(13-2)7-11(8)12-9/h4-5,7,9,12H,3,6H2,1-2H3. The first kappa shape index (κ1) is 8.42. The minimum atomic E-state index is 0.613. The summed E-state index contributed by atoms with van der Waals surface area (Å²) in [4.78, 5) is 0. The highest BCUT2D eigenvalue weighted by atomic mass is 16.5. The van der Waals surface area contributed by atoms with E-state index in [0.29, 0.717) is 6.04 Å². The normalized spacial score (nSPS) is 19.4. The highest BCUT2D eigenvalue weighted by Crippen LogP contribution is 2.30. The molecule has 1 N–H and O–H groups in total. The molecule has 0 radical (unpaired) electrons. The van der Waals surface area contributed by atoms with E-state index in [-0.39, 0.29) is 0 Å². The number of rotatable bonds is 2. The Bertz CT molecular complexity index is 309. The molecule has 1 aliphatic rings. The van der Waals surface area contributed by atoms with Crippen molar-refractivity contribution in [2.24, 2.45) is 0 Å². The second kappa shape index (κ2) is 3.29. The fraction of sp³-hybridized carbons (Fsp3) is 0.455. The van der Waals surface area contributed by atoms with Gasteiger partial charge in [-0.1, -0.05) is 13.0 Å². The van der Waals surface area contributed by atoms with Crippen LogP contribution >= 0.6 is 0 Å². The summed E-state index contributed by atoms with van der Waals surface area (Å²) in [6.07, 6.45) is 2.33. The van der Waals surface area contributed by atoms with E-state index in [1.807, 2.05) is 6.07 Å². The van der Waals surface area contributed by atoms with Gasteiger partial charge in [-0.05, 0) is 24.5 Å². The van der Waals surface area contributed by atoms with E-state index in [9.17, 15) is 0 Å². The number of ether oxygens (including phenoxy) is 1. The van der Waals surface area contributed by atoms with Crippen LogP contribution in [-0.4, -0.2) is 13.2 Å². The van der Waals surface area contributed by atoms with Gasteiger partial charge in [0.05, 0.1) is 7.11 Å². The van der Waals surface area contributed by atoms with Gasteiger partial charge in [0.1, 0.15) is 5.75 Å². The summed E-state index contributed by atoms with van der Waals surface area (Å²) in [7, 11) is 1.70. The van der Waals surface area contributed by atoms with Crippen molar-refractivity contribution < 1.29 is 4.74 Å². The van der Waals surface area contributed by atoms with E-state index in [2.05, 4.69) is 24.4 Å². The number of hydrogen-bond acceptors (Lipinski definition) is 2. The SMILES string of the molecule is CCC1Cc2ccc(OC)cc2N1. The van der Waals surface area contributed by atoms with Crippen LogP contribution in [0, 0.1) is 0 Å². The van der Waals surface area contributed by atoms with Gasteiger partial charge in [0.15, 0.2) is 0 Å². The average Bonchev–Trinajstić information content (AvgIpc) is 2.58. The Labute approximate surface area is 78.9 Å².